The lowest BCUT2D eigenvalue weighted by Gasteiger charge is -2.24. The number of anilines is 2. The van der Waals surface area contributed by atoms with E-state index in [-0.39, 0.29) is 18.1 Å². The highest BCUT2D eigenvalue weighted by molar-refractivity contribution is 7.80. The zero-order valence-corrected chi connectivity index (χ0v) is 22.1. The number of esters is 1. The van der Waals surface area contributed by atoms with E-state index in [1.807, 2.05) is 0 Å². The van der Waals surface area contributed by atoms with Gasteiger partial charge in [0.1, 0.15) is 11.8 Å². The molecule has 1 aliphatic rings. The van der Waals surface area contributed by atoms with E-state index in [2.05, 4.69) is 10.7 Å². The molecule has 1 atom stereocenters. The maximum atomic E-state index is 13.5. The quantitative estimate of drug-likeness (QED) is 0.309. The molecule has 200 valence electrons. The Morgan fingerprint density at radius 3 is 2.18 bits per heavy atom. The van der Waals surface area contributed by atoms with Crippen LogP contribution in [0.2, 0.25) is 0 Å². The normalized spacial score (nSPS) is 14.7. The fourth-order valence-corrected chi connectivity index (χ4v) is 4.29. The Hall–Kier alpha value is -4.77. The lowest BCUT2D eigenvalue weighted by molar-refractivity contribution is -0.124. The Kier molecular flexibility index (Phi) is 8.52. The van der Waals surface area contributed by atoms with Crippen LogP contribution in [-0.2, 0) is 14.3 Å². The number of hydrogen-bond acceptors (Lipinski definition) is 7. The minimum Gasteiger partial charge on any atom is -0.497 e. The van der Waals surface area contributed by atoms with Crippen LogP contribution in [0.15, 0.2) is 78.9 Å². The number of ether oxygens (including phenoxy) is 2. The van der Waals surface area contributed by atoms with Gasteiger partial charge >= 0.3 is 5.97 Å². The van der Waals surface area contributed by atoms with Crippen molar-refractivity contribution in [2.75, 3.05) is 23.9 Å². The van der Waals surface area contributed by atoms with Gasteiger partial charge in [0.15, 0.2) is 0 Å². The highest BCUT2D eigenvalue weighted by atomic mass is 32.1. The molecule has 0 radical (unpaired) electrons. The number of thiocarbonyl (C=S) groups is 1. The summed E-state index contributed by atoms with van der Waals surface area (Å²) in [5.74, 6) is -1.35. The maximum Gasteiger partial charge on any atom is 0.338 e. The lowest BCUT2D eigenvalue weighted by atomic mass is 10.1. The molecule has 1 fully saturated rings. The van der Waals surface area contributed by atoms with Crippen LogP contribution in [0.25, 0.3) is 0 Å². The molecule has 0 saturated carbocycles. The first-order valence-electron chi connectivity index (χ1n) is 12.1. The van der Waals surface area contributed by atoms with Gasteiger partial charge in [-0.2, -0.15) is 0 Å². The van der Waals surface area contributed by atoms with Crippen molar-refractivity contribution in [1.82, 2.24) is 10.4 Å². The topological polar surface area (TPSA) is 117 Å². The number of nitrogens with one attached hydrogen (secondary N) is 2. The van der Waals surface area contributed by atoms with Gasteiger partial charge in [-0.25, -0.2) is 9.80 Å². The molecule has 39 heavy (non-hydrogen) atoms. The summed E-state index contributed by atoms with van der Waals surface area (Å²) >= 11 is 5.57. The average molecular weight is 547 g/mol. The van der Waals surface area contributed by atoms with Crippen LogP contribution in [-0.4, -0.2) is 53.6 Å². The highest BCUT2D eigenvalue weighted by Gasteiger charge is 2.45. The molecule has 11 heteroatoms. The third-order valence-corrected chi connectivity index (χ3v) is 6.24. The number of hydrazine groups is 1. The zero-order valence-electron chi connectivity index (χ0n) is 21.2. The number of carbonyl (C=O) groups excluding carboxylic acids is 4. The third-order valence-electron chi connectivity index (χ3n) is 5.86. The second-order valence-electron chi connectivity index (χ2n) is 8.40. The highest BCUT2D eigenvalue weighted by Crippen LogP contribution is 2.26. The number of nitrogens with zero attached hydrogens (tertiary/aromatic N) is 2. The van der Waals surface area contributed by atoms with E-state index in [0.29, 0.717) is 28.3 Å². The summed E-state index contributed by atoms with van der Waals surface area (Å²) in [5.41, 5.74) is 4.27. The standard InChI is InChI=1S/C28H26N4O6S/c1-3-38-27(36)19-9-13-20(14-10-19)29-24(33)17-23-26(35)31(21-7-5-4-6-8-21)28(39)32(23)30-25(34)18-11-15-22(37-2)16-12-18/h4-16,23H,3,17H2,1-2H3,(H,29,33)(H,30,34). The number of hydrogen-bond donors (Lipinski definition) is 2. The predicted octanol–water partition coefficient (Wildman–Crippen LogP) is 3.55. The van der Waals surface area contributed by atoms with Gasteiger partial charge in [0.05, 0.1) is 31.4 Å². The summed E-state index contributed by atoms with van der Waals surface area (Å²) in [4.78, 5) is 52.7. The summed E-state index contributed by atoms with van der Waals surface area (Å²) < 4.78 is 10.1. The van der Waals surface area contributed by atoms with E-state index < -0.39 is 29.7 Å². The van der Waals surface area contributed by atoms with Crippen molar-refractivity contribution in [2.45, 2.75) is 19.4 Å². The van der Waals surface area contributed by atoms with Crippen molar-refractivity contribution in [2.24, 2.45) is 0 Å². The molecule has 1 aliphatic heterocycles. The van der Waals surface area contributed by atoms with E-state index in [1.54, 1.807) is 73.7 Å². The molecule has 1 saturated heterocycles. The number of methoxy groups -OCH3 is 1. The molecular formula is C28H26N4O6S. The minimum absolute atomic E-state index is 0.0321. The van der Waals surface area contributed by atoms with Crippen LogP contribution in [0.3, 0.4) is 0 Å². The molecule has 2 N–H and O–H groups in total. The van der Waals surface area contributed by atoms with Crippen molar-refractivity contribution in [1.29, 1.82) is 0 Å². The molecule has 1 heterocycles. The second kappa shape index (κ2) is 12.2. The molecule has 1 unspecified atom stereocenters. The smallest absolute Gasteiger partial charge is 0.338 e. The number of para-hydroxylation sites is 1. The molecule has 0 aromatic heterocycles. The number of rotatable bonds is 9. The Morgan fingerprint density at radius 2 is 1.56 bits per heavy atom. The molecule has 4 rings (SSSR count). The van der Waals surface area contributed by atoms with Gasteiger partial charge in [0.2, 0.25) is 11.0 Å². The fraction of sp³-hybridized carbons (Fsp3) is 0.179. The molecule has 0 aliphatic carbocycles. The Labute approximate surface area is 230 Å². The van der Waals surface area contributed by atoms with Gasteiger partial charge in [-0.05, 0) is 79.8 Å². The fourth-order valence-electron chi connectivity index (χ4n) is 3.92. The van der Waals surface area contributed by atoms with E-state index in [9.17, 15) is 19.2 Å². The Balaban J connectivity index is 1.53. The minimum atomic E-state index is -1.10. The van der Waals surface area contributed by atoms with Gasteiger partial charge < -0.3 is 14.8 Å². The van der Waals surface area contributed by atoms with E-state index in [4.69, 9.17) is 21.7 Å². The summed E-state index contributed by atoms with van der Waals surface area (Å²) in [6.07, 6.45) is -0.301. The van der Waals surface area contributed by atoms with Gasteiger partial charge in [-0.15, -0.1) is 0 Å². The van der Waals surface area contributed by atoms with Crippen molar-refractivity contribution in [3.05, 3.63) is 90.0 Å². The lowest BCUT2D eigenvalue weighted by Crippen LogP contribution is -2.49. The predicted molar refractivity (Wildman–Crippen MR) is 148 cm³/mol. The first-order valence-corrected chi connectivity index (χ1v) is 12.5. The van der Waals surface area contributed by atoms with Crippen molar-refractivity contribution >= 4 is 52.4 Å². The van der Waals surface area contributed by atoms with Crippen LogP contribution in [0.1, 0.15) is 34.1 Å². The monoisotopic (exact) mass is 546 g/mol. The van der Waals surface area contributed by atoms with Gasteiger partial charge in [0.25, 0.3) is 11.8 Å². The largest absolute Gasteiger partial charge is 0.497 e. The first-order chi connectivity index (χ1) is 18.8. The number of amides is 3. The van der Waals surface area contributed by atoms with E-state index in [1.165, 1.54) is 29.2 Å². The van der Waals surface area contributed by atoms with Crippen molar-refractivity contribution < 1.29 is 28.7 Å². The summed E-state index contributed by atoms with van der Waals surface area (Å²) in [6, 6.07) is 20.2. The van der Waals surface area contributed by atoms with Crippen LogP contribution in [0.5, 0.6) is 5.75 Å². The van der Waals surface area contributed by atoms with E-state index in [0.717, 1.165) is 0 Å². The average Bonchev–Trinajstić information content (AvgIpc) is 3.17. The van der Waals surface area contributed by atoms with Crippen LogP contribution in [0, 0.1) is 0 Å². The Morgan fingerprint density at radius 1 is 0.923 bits per heavy atom. The van der Waals surface area contributed by atoms with E-state index >= 15 is 0 Å². The molecule has 3 aromatic rings. The summed E-state index contributed by atoms with van der Waals surface area (Å²) in [7, 11) is 1.52. The summed E-state index contributed by atoms with van der Waals surface area (Å²) in [5, 5.41) is 3.99. The SMILES string of the molecule is CCOC(=O)c1ccc(NC(=O)CC2C(=O)N(c3ccccc3)C(=S)N2NC(=O)c2ccc(OC)cc2)cc1. The number of benzene rings is 3. The van der Waals surface area contributed by atoms with Crippen LogP contribution in [0.4, 0.5) is 11.4 Å². The molecule has 3 amide bonds. The van der Waals surface area contributed by atoms with Gasteiger partial charge in [0, 0.05) is 11.3 Å². The molecule has 0 spiro atoms. The molecule has 10 nitrogen and oxygen atoms in total. The molecular weight excluding hydrogens is 520 g/mol. The molecule has 0 bridgehead atoms. The first kappa shape index (κ1) is 27.3. The van der Waals surface area contributed by atoms with Crippen LogP contribution >= 0.6 is 12.2 Å². The van der Waals surface area contributed by atoms with Crippen molar-refractivity contribution in [3.63, 3.8) is 0 Å². The maximum absolute atomic E-state index is 13.5. The zero-order chi connectivity index (χ0) is 27.9. The van der Waals surface area contributed by atoms with Crippen LogP contribution < -0.4 is 20.4 Å². The van der Waals surface area contributed by atoms with Crippen molar-refractivity contribution in [3.8, 4) is 5.75 Å². The Bertz CT molecular complexity index is 1380. The van der Waals surface area contributed by atoms with Gasteiger partial charge in [-0.1, -0.05) is 18.2 Å². The molecule has 3 aromatic carbocycles. The summed E-state index contributed by atoms with van der Waals surface area (Å²) in [6.45, 7) is 1.96. The third kappa shape index (κ3) is 6.21. The van der Waals surface area contributed by atoms with Gasteiger partial charge in [-0.3, -0.25) is 24.7 Å². The number of carbonyl (C=O) groups is 4. The second-order valence-corrected chi connectivity index (χ2v) is 8.76.